The van der Waals surface area contributed by atoms with Crippen LogP contribution in [0.15, 0.2) is 34.9 Å². The number of aromatic nitrogens is 1. The minimum atomic E-state index is -0.0645. The maximum absolute atomic E-state index is 13.1. The van der Waals surface area contributed by atoms with Crippen LogP contribution in [0.2, 0.25) is 0 Å². The van der Waals surface area contributed by atoms with Crippen molar-refractivity contribution in [3.05, 3.63) is 47.7 Å². The molecule has 1 fully saturated rings. The third-order valence-corrected chi connectivity index (χ3v) is 5.23. The molecule has 0 spiro atoms. The number of likely N-dealkylation sites (tertiary alicyclic amines) is 1. The van der Waals surface area contributed by atoms with Crippen molar-refractivity contribution in [2.24, 2.45) is 5.92 Å². The van der Waals surface area contributed by atoms with Crippen molar-refractivity contribution in [3.8, 4) is 5.75 Å². The Bertz CT molecular complexity index is 795. The smallest absolute Gasteiger partial charge is 0.318 e. The van der Waals surface area contributed by atoms with Crippen LogP contribution in [-0.2, 0) is 13.1 Å². The zero-order valence-electron chi connectivity index (χ0n) is 18.6. The molecule has 0 saturated carbocycles. The van der Waals surface area contributed by atoms with Gasteiger partial charge in [0.2, 0.25) is 0 Å². The average molecular weight is 415 g/mol. The summed E-state index contributed by atoms with van der Waals surface area (Å²) in [6.07, 6.45) is 3.57. The summed E-state index contributed by atoms with van der Waals surface area (Å²) in [5, 5.41) is 3.21. The zero-order chi connectivity index (χ0) is 21.5. The van der Waals surface area contributed by atoms with Gasteiger partial charge in [-0.2, -0.15) is 0 Å². The molecule has 1 N–H and O–H groups in total. The number of rotatable bonds is 8. The van der Waals surface area contributed by atoms with E-state index < -0.39 is 0 Å². The predicted molar refractivity (Wildman–Crippen MR) is 116 cm³/mol. The standard InChI is InChI=1S/C23H34N4O3/c1-17(2)15-30-22-7-5-19(6-8-22)13-27(14-21-16-29-18(3)24-21)23(28)25-20-9-11-26(4)12-10-20/h5-8,16-17,20H,9-15H2,1-4H3,(H,25,28). The molecule has 0 bridgehead atoms. The molecule has 1 saturated heterocycles. The lowest BCUT2D eigenvalue weighted by Crippen LogP contribution is -2.48. The third kappa shape index (κ3) is 6.76. The molecular formula is C23H34N4O3. The van der Waals surface area contributed by atoms with E-state index in [-0.39, 0.29) is 12.1 Å². The highest BCUT2D eigenvalue weighted by molar-refractivity contribution is 5.74. The molecule has 164 valence electrons. The molecule has 3 rings (SSSR count). The maximum atomic E-state index is 13.1. The van der Waals surface area contributed by atoms with Crippen molar-refractivity contribution >= 4 is 6.03 Å². The van der Waals surface area contributed by atoms with Crippen molar-refractivity contribution in [2.45, 2.75) is 52.7 Å². The highest BCUT2D eigenvalue weighted by Crippen LogP contribution is 2.17. The molecule has 0 unspecified atom stereocenters. The van der Waals surface area contributed by atoms with Crippen LogP contribution in [0.3, 0.4) is 0 Å². The fourth-order valence-corrected chi connectivity index (χ4v) is 3.47. The van der Waals surface area contributed by atoms with Gasteiger partial charge in [0.05, 0.1) is 18.8 Å². The number of nitrogens with one attached hydrogen (secondary N) is 1. The first-order chi connectivity index (χ1) is 14.4. The van der Waals surface area contributed by atoms with Gasteiger partial charge < -0.3 is 24.3 Å². The van der Waals surface area contributed by atoms with Gasteiger partial charge in [-0.05, 0) is 56.6 Å². The van der Waals surface area contributed by atoms with Gasteiger partial charge in [0.1, 0.15) is 12.0 Å². The second-order valence-electron chi connectivity index (χ2n) is 8.59. The van der Waals surface area contributed by atoms with Gasteiger partial charge >= 0.3 is 6.03 Å². The number of piperidine rings is 1. The van der Waals surface area contributed by atoms with Crippen LogP contribution in [0, 0.1) is 12.8 Å². The fourth-order valence-electron chi connectivity index (χ4n) is 3.47. The number of hydrogen-bond acceptors (Lipinski definition) is 5. The van der Waals surface area contributed by atoms with Crippen LogP contribution < -0.4 is 10.1 Å². The summed E-state index contributed by atoms with van der Waals surface area (Å²) in [7, 11) is 2.12. The van der Waals surface area contributed by atoms with Crippen LogP contribution in [0.5, 0.6) is 5.75 Å². The number of oxazole rings is 1. The van der Waals surface area contributed by atoms with E-state index in [2.05, 4.69) is 36.1 Å². The van der Waals surface area contributed by atoms with E-state index in [1.807, 2.05) is 31.2 Å². The van der Waals surface area contributed by atoms with Gasteiger partial charge in [0.25, 0.3) is 0 Å². The first-order valence-electron chi connectivity index (χ1n) is 10.8. The second-order valence-corrected chi connectivity index (χ2v) is 8.59. The minimum absolute atomic E-state index is 0.0645. The number of carbonyl (C=O) groups is 1. The first kappa shape index (κ1) is 22.2. The Balaban J connectivity index is 1.65. The van der Waals surface area contributed by atoms with Gasteiger partial charge in [-0.3, -0.25) is 0 Å². The molecule has 0 aliphatic carbocycles. The van der Waals surface area contributed by atoms with Crippen molar-refractivity contribution in [2.75, 3.05) is 26.7 Å². The van der Waals surface area contributed by atoms with Crippen molar-refractivity contribution in [1.29, 1.82) is 0 Å². The zero-order valence-corrected chi connectivity index (χ0v) is 18.6. The monoisotopic (exact) mass is 414 g/mol. The molecule has 1 aliphatic rings. The summed E-state index contributed by atoms with van der Waals surface area (Å²) in [4.78, 5) is 21.5. The summed E-state index contributed by atoms with van der Waals surface area (Å²) in [5.41, 5.74) is 1.80. The van der Waals surface area contributed by atoms with Gasteiger partial charge in [-0.25, -0.2) is 9.78 Å². The maximum Gasteiger partial charge on any atom is 0.318 e. The Morgan fingerprint density at radius 1 is 1.27 bits per heavy atom. The summed E-state index contributed by atoms with van der Waals surface area (Å²) < 4.78 is 11.1. The van der Waals surface area contributed by atoms with Crippen molar-refractivity contribution < 1.29 is 13.9 Å². The molecule has 2 amide bonds. The van der Waals surface area contributed by atoms with E-state index in [4.69, 9.17) is 9.15 Å². The number of benzene rings is 1. The lowest BCUT2D eigenvalue weighted by Gasteiger charge is -2.31. The van der Waals surface area contributed by atoms with Crippen LogP contribution in [-0.4, -0.2) is 53.6 Å². The van der Waals surface area contributed by atoms with E-state index >= 15 is 0 Å². The Morgan fingerprint density at radius 3 is 2.57 bits per heavy atom. The lowest BCUT2D eigenvalue weighted by atomic mass is 10.1. The first-order valence-corrected chi connectivity index (χ1v) is 10.8. The molecule has 0 radical (unpaired) electrons. The Hall–Kier alpha value is -2.54. The van der Waals surface area contributed by atoms with Crippen LogP contribution in [0.4, 0.5) is 4.79 Å². The summed E-state index contributed by atoms with van der Waals surface area (Å²) in [6.45, 7) is 9.66. The summed E-state index contributed by atoms with van der Waals surface area (Å²) in [5.74, 6) is 1.93. The van der Waals surface area contributed by atoms with Gasteiger partial charge in [0, 0.05) is 19.5 Å². The molecule has 7 nitrogen and oxygen atoms in total. The third-order valence-electron chi connectivity index (χ3n) is 5.23. The largest absolute Gasteiger partial charge is 0.493 e. The summed E-state index contributed by atoms with van der Waals surface area (Å²) >= 11 is 0. The normalized spacial score (nSPS) is 15.4. The molecule has 7 heteroatoms. The highest BCUT2D eigenvalue weighted by atomic mass is 16.5. The number of aryl methyl sites for hydroxylation is 1. The van der Waals surface area contributed by atoms with E-state index in [1.54, 1.807) is 11.2 Å². The molecule has 30 heavy (non-hydrogen) atoms. The molecule has 2 heterocycles. The van der Waals surface area contributed by atoms with E-state index in [1.165, 1.54) is 0 Å². The number of nitrogens with zero attached hydrogens (tertiary/aromatic N) is 3. The van der Waals surface area contributed by atoms with Gasteiger partial charge in [-0.15, -0.1) is 0 Å². The highest BCUT2D eigenvalue weighted by Gasteiger charge is 2.22. The number of ether oxygens (including phenoxy) is 1. The van der Waals surface area contributed by atoms with Gasteiger partial charge in [0.15, 0.2) is 5.89 Å². The quantitative estimate of drug-likeness (QED) is 0.711. The Kier molecular flexibility index (Phi) is 7.74. The number of carbonyl (C=O) groups excluding carboxylic acids is 1. The lowest BCUT2D eigenvalue weighted by molar-refractivity contribution is 0.175. The average Bonchev–Trinajstić information content (AvgIpc) is 3.13. The predicted octanol–water partition coefficient (Wildman–Crippen LogP) is 3.82. The van der Waals surface area contributed by atoms with Gasteiger partial charge in [-0.1, -0.05) is 26.0 Å². The molecule has 1 aromatic heterocycles. The van der Waals surface area contributed by atoms with E-state index in [9.17, 15) is 4.79 Å². The van der Waals surface area contributed by atoms with Crippen molar-refractivity contribution in [1.82, 2.24) is 20.1 Å². The van der Waals surface area contributed by atoms with E-state index in [0.29, 0.717) is 31.5 Å². The number of urea groups is 1. The molecule has 1 aromatic carbocycles. The van der Waals surface area contributed by atoms with Crippen LogP contribution in [0.25, 0.3) is 0 Å². The molecule has 2 aromatic rings. The van der Waals surface area contributed by atoms with Crippen LogP contribution >= 0.6 is 0 Å². The molecular weight excluding hydrogens is 380 g/mol. The van der Waals surface area contributed by atoms with Crippen LogP contribution in [0.1, 0.15) is 43.8 Å². The molecule has 1 aliphatic heterocycles. The van der Waals surface area contributed by atoms with E-state index in [0.717, 1.165) is 42.9 Å². The Morgan fingerprint density at radius 2 is 1.97 bits per heavy atom. The SMILES string of the molecule is Cc1nc(CN(Cc2ccc(OCC(C)C)cc2)C(=O)NC2CCN(C)CC2)co1. The molecule has 0 atom stereocenters. The minimum Gasteiger partial charge on any atom is -0.493 e. The summed E-state index contributed by atoms with van der Waals surface area (Å²) in [6, 6.07) is 8.10. The van der Waals surface area contributed by atoms with Crippen molar-refractivity contribution in [3.63, 3.8) is 0 Å². The fraction of sp³-hybridized carbons (Fsp3) is 0.565. The second kappa shape index (κ2) is 10.5. The number of amides is 2. The Labute approximate surface area is 179 Å². The topological polar surface area (TPSA) is 70.8 Å². The number of hydrogen-bond donors (Lipinski definition) is 1.